The zero-order valence-corrected chi connectivity index (χ0v) is 13.8. The molecule has 1 unspecified atom stereocenters. The van der Waals surface area contributed by atoms with E-state index in [-0.39, 0.29) is 17.7 Å². The van der Waals surface area contributed by atoms with Crippen LogP contribution in [0.4, 0.5) is 0 Å². The summed E-state index contributed by atoms with van der Waals surface area (Å²) in [5.74, 6) is 1.30. The number of carbonyl (C=O) groups excluding carboxylic acids is 1. The molecule has 24 heavy (non-hydrogen) atoms. The molecule has 0 spiro atoms. The summed E-state index contributed by atoms with van der Waals surface area (Å²) in [7, 11) is 3.18. The molecule has 0 bridgehead atoms. The molecule has 5 heteroatoms. The van der Waals surface area contributed by atoms with Gasteiger partial charge >= 0.3 is 0 Å². The first-order valence-electron chi connectivity index (χ1n) is 7.64. The number of furan rings is 1. The monoisotopic (exact) mass is 325 g/mol. The third-order valence-electron chi connectivity index (χ3n) is 3.90. The van der Waals surface area contributed by atoms with Gasteiger partial charge in [-0.15, -0.1) is 0 Å². The number of para-hydroxylation sites is 2. The Bertz CT molecular complexity index is 869. The second kappa shape index (κ2) is 6.66. The molecule has 1 heterocycles. The number of hydrogen-bond donors (Lipinski definition) is 1. The van der Waals surface area contributed by atoms with E-state index in [4.69, 9.17) is 13.9 Å². The molecule has 0 aliphatic heterocycles. The van der Waals surface area contributed by atoms with Crippen molar-refractivity contribution in [3.63, 3.8) is 0 Å². The molecule has 0 radical (unpaired) electrons. The molecular weight excluding hydrogens is 306 g/mol. The highest BCUT2D eigenvalue weighted by atomic mass is 16.5. The van der Waals surface area contributed by atoms with Crippen LogP contribution in [0.5, 0.6) is 11.5 Å². The summed E-state index contributed by atoms with van der Waals surface area (Å²) < 4.78 is 16.3. The number of ether oxygens (including phenoxy) is 2. The summed E-state index contributed by atoms with van der Waals surface area (Å²) >= 11 is 0. The van der Waals surface area contributed by atoms with Crippen LogP contribution < -0.4 is 14.8 Å². The first kappa shape index (κ1) is 15.9. The van der Waals surface area contributed by atoms with Gasteiger partial charge in [0.1, 0.15) is 5.75 Å². The maximum absolute atomic E-state index is 12.5. The van der Waals surface area contributed by atoms with Crippen molar-refractivity contribution in [1.82, 2.24) is 5.32 Å². The van der Waals surface area contributed by atoms with E-state index >= 15 is 0 Å². The van der Waals surface area contributed by atoms with Crippen LogP contribution in [0.2, 0.25) is 0 Å². The fourth-order valence-corrected chi connectivity index (χ4v) is 2.68. The maximum atomic E-state index is 12.5. The molecule has 0 saturated carbocycles. The SMILES string of the molecule is COc1ccccc1C(C)NC(=O)c1cc2cccc(OC)c2o1. The van der Waals surface area contributed by atoms with Gasteiger partial charge in [-0.1, -0.05) is 30.3 Å². The summed E-state index contributed by atoms with van der Waals surface area (Å²) in [5, 5.41) is 3.76. The van der Waals surface area contributed by atoms with Crippen molar-refractivity contribution in [1.29, 1.82) is 0 Å². The minimum atomic E-state index is -0.286. The van der Waals surface area contributed by atoms with Crippen LogP contribution in [0, 0.1) is 0 Å². The number of carbonyl (C=O) groups is 1. The Kier molecular flexibility index (Phi) is 4.42. The summed E-state index contributed by atoms with van der Waals surface area (Å²) in [6.07, 6.45) is 0. The molecule has 5 nitrogen and oxygen atoms in total. The number of hydrogen-bond acceptors (Lipinski definition) is 4. The van der Waals surface area contributed by atoms with Gasteiger partial charge < -0.3 is 19.2 Å². The molecule has 3 aromatic rings. The average Bonchev–Trinajstić information content (AvgIpc) is 3.06. The summed E-state index contributed by atoms with van der Waals surface area (Å²) in [4.78, 5) is 12.5. The van der Waals surface area contributed by atoms with Crippen LogP contribution in [-0.4, -0.2) is 20.1 Å². The highest BCUT2D eigenvalue weighted by molar-refractivity contribution is 5.97. The smallest absolute Gasteiger partial charge is 0.287 e. The lowest BCUT2D eigenvalue weighted by molar-refractivity contribution is 0.0913. The van der Waals surface area contributed by atoms with Crippen LogP contribution in [0.25, 0.3) is 11.0 Å². The average molecular weight is 325 g/mol. The topological polar surface area (TPSA) is 60.7 Å². The van der Waals surface area contributed by atoms with Crippen molar-refractivity contribution in [3.05, 3.63) is 59.9 Å². The molecule has 2 aromatic carbocycles. The maximum Gasteiger partial charge on any atom is 0.287 e. The summed E-state index contributed by atoms with van der Waals surface area (Å²) in [6, 6.07) is 14.6. The number of fused-ring (bicyclic) bond motifs is 1. The Morgan fingerprint density at radius 2 is 1.75 bits per heavy atom. The molecule has 124 valence electrons. The number of amides is 1. The van der Waals surface area contributed by atoms with E-state index < -0.39 is 0 Å². The van der Waals surface area contributed by atoms with E-state index in [0.717, 1.165) is 16.7 Å². The molecule has 1 N–H and O–H groups in total. The van der Waals surface area contributed by atoms with Crippen molar-refractivity contribution in [2.45, 2.75) is 13.0 Å². The van der Waals surface area contributed by atoms with Gasteiger partial charge in [0, 0.05) is 10.9 Å². The van der Waals surface area contributed by atoms with Crippen molar-refractivity contribution in [2.24, 2.45) is 0 Å². The Labute approximate surface area is 140 Å². The van der Waals surface area contributed by atoms with E-state index in [2.05, 4.69) is 5.32 Å². The lowest BCUT2D eigenvalue weighted by Crippen LogP contribution is -2.26. The summed E-state index contributed by atoms with van der Waals surface area (Å²) in [6.45, 7) is 1.90. The molecule has 1 amide bonds. The molecular formula is C19H19NO4. The largest absolute Gasteiger partial charge is 0.496 e. The molecule has 3 rings (SSSR count). The lowest BCUT2D eigenvalue weighted by atomic mass is 10.1. The normalized spacial score (nSPS) is 12.0. The molecule has 0 aliphatic carbocycles. The van der Waals surface area contributed by atoms with Crippen molar-refractivity contribution < 1.29 is 18.7 Å². The zero-order chi connectivity index (χ0) is 17.1. The third kappa shape index (κ3) is 2.93. The minimum Gasteiger partial charge on any atom is -0.496 e. The van der Waals surface area contributed by atoms with E-state index in [9.17, 15) is 4.79 Å². The van der Waals surface area contributed by atoms with E-state index in [1.54, 1.807) is 26.4 Å². The summed E-state index contributed by atoms with van der Waals surface area (Å²) in [5.41, 5.74) is 1.47. The van der Waals surface area contributed by atoms with E-state index in [0.29, 0.717) is 11.3 Å². The first-order chi connectivity index (χ1) is 11.6. The van der Waals surface area contributed by atoms with Crippen LogP contribution in [0.3, 0.4) is 0 Å². The fraction of sp³-hybridized carbons (Fsp3) is 0.211. The van der Waals surface area contributed by atoms with Gasteiger partial charge in [-0.25, -0.2) is 0 Å². The highest BCUT2D eigenvalue weighted by Gasteiger charge is 2.18. The first-order valence-corrected chi connectivity index (χ1v) is 7.64. The predicted octanol–water partition coefficient (Wildman–Crippen LogP) is 3.94. The standard InChI is InChI=1S/C19H19NO4/c1-12(14-8-4-5-9-15(14)22-2)20-19(21)17-11-13-7-6-10-16(23-3)18(13)24-17/h4-12H,1-3H3,(H,20,21). The van der Waals surface area contributed by atoms with Gasteiger partial charge in [-0.05, 0) is 25.1 Å². The second-order valence-corrected chi connectivity index (χ2v) is 5.43. The molecule has 1 aromatic heterocycles. The van der Waals surface area contributed by atoms with Gasteiger partial charge in [0.25, 0.3) is 5.91 Å². The van der Waals surface area contributed by atoms with Gasteiger partial charge in [0.05, 0.1) is 20.3 Å². The Balaban J connectivity index is 1.84. The molecule has 0 saturated heterocycles. The van der Waals surface area contributed by atoms with Crippen LogP contribution >= 0.6 is 0 Å². The second-order valence-electron chi connectivity index (χ2n) is 5.43. The van der Waals surface area contributed by atoms with Crippen molar-refractivity contribution in [2.75, 3.05) is 14.2 Å². The minimum absolute atomic E-state index is 0.219. The Morgan fingerprint density at radius 1 is 1.04 bits per heavy atom. The van der Waals surface area contributed by atoms with Crippen molar-refractivity contribution >= 4 is 16.9 Å². The predicted molar refractivity (Wildman–Crippen MR) is 91.6 cm³/mol. The van der Waals surface area contributed by atoms with Crippen LogP contribution in [-0.2, 0) is 0 Å². The van der Waals surface area contributed by atoms with Gasteiger partial charge in [-0.2, -0.15) is 0 Å². The molecule has 0 aliphatic rings. The Hall–Kier alpha value is -2.95. The number of methoxy groups -OCH3 is 2. The van der Waals surface area contributed by atoms with Crippen LogP contribution in [0.1, 0.15) is 29.1 Å². The van der Waals surface area contributed by atoms with Crippen LogP contribution in [0.15, 0.2) is 52.9 Å². The van der Waals surface area contributed by atoms with E-state index in [1.807, 2.05) is 43.3 Å². The molecule has 0 fully saturated rings. The number of nitrogens with one attached hydrogen (secondary N) is 1. The van der Waals surface area contributed by atoms with E-state index in [1.165, 1.54) is 0 Å². The lowest BCUT2D eigenvalue weighted by Gasteiger charge is -2.16. The zero-order valence-electron chi connectivity index (χ0n) is 13.8. The number of rotatable bonds is 5. The van der Waals surface area contributed by atoms with Gasteiger partial charge in [0.2, 0.25) is 0 Å². The highest BCUT2D eigenvalue weighted by Crippen LogP contribution is 2.29. The van der Waals surface area contributed by atoms with Gasteiger partial charge in [0.15, 0.2) is 17.1 Å². The molecule has 1 atom stereocenters. The quantitative estimate of drug-likeness (QED) is 0.772. The number of benzene rings is 2. The van der Waals surface area contributed by atoms with Gasteiger partial charge in [-0.3, -0.25) is 4.79 Å². The fourth-order valence-electron chi connectivity index (χ4n) is 2.68. The Morgan fingerprint density at radius 3 is 2.50 bits per heavy atom. The van der Waals surface area contributed by atoms with Crippen molar-refractivity contribution in [3.8, 4) is 11.5 Å². The third-order valence-corrected chi connectivity index (χ3v) is 3.90.